The van der Waals surface area contributed by atoms with Crippen molar-refractivity contribution in [2.75, 3.05) is 60.9 Å². The van der Waals surface area contributed by atoms with Gasteiger partial charge in [-0.15, -0.1) is 0 Å². The Morgan fingerprint density at radius 3 is 2.60 bits per heavy atom. The van der Waals surface area contributed by atoms with Gasteiger partial charge in [-0.1, -0.05) is 0 Å². The van der Waals surface area contributed by atoms with E-state index in [9.17, 15) is 4.79 Å². The second-order valence-corrected chi connectivity index (χ2v) is 9.25. The molecule has 10 nitrogen and oxygen atoms in total. The first kappa shape index (κ1) is 22.9. The van der Waals surface area contributed by atoms with Crippen LogP contribution < -0.4 is 20.0 Å². The molecule has 1 aromatic carbocycles. The molecule has 0 atom stereocenters. The second kappa shape index (κ2) is 9.81. The molecule has 2 aliphatic rings. The average molecular weight is 477 g/mol. The molecular formula is C25H32N8O2. The van der Waals surface area contributed by atoms with Crippen molar-refractivity contribution in [3.63, 3.8) is 0 Å². The number of carbonyl (C=O) groups is 1. The van der Waals surface area contributed by atoms with Crippen molar-refractivity contribution < 1.29 is 9.53 Å². The van der Waals surface area contributed by atoms with Crippen LogP contribution in [0.25, 0.3) is 0 Å². The zero-order chi connectivity index (χ0) is 24.4. The Hall–Kier alpha value is -3.82. The topological polar surface area (TPSA) is 103 Å². The van der Waals surface area contributed by atoms with Crippen LogP contribution in [0.5, 0.6) is 0 Å². The van der Waals surface area contributed by atoms with Crippen LogP contribution in [0.15, 0.2) is 36.8 Å². The molecule has 0 bridgehead atoms. The monoisotopic (exact) mass is 476 g/mol. The summed E-state index contributed by atoms with van der Waals surface area (Å²) in [6, 6.07) is 8.28. The fourth-order valence-electron chi connectivity index (χ4n) is 4.79. The molecule has 1 saturated heterocycles. The van der Waals surface area contributed by atoms with Crippen LogP contribution in [0, 0.1) is 5.92 Å². The van der Waals surface area contributed by atoms with Gasteiger partial charge in [0.05, 0.1) is 49.2 Å². The van der Waals surface area contributed by atoms with Gasteiger partial charge >= 0.3 is 5.97 Å². The molecule has 2 N–H and O–H groups in total. The van der Waals surface area contributed by atoms with Crippen LogP contribution in [0.2, 0.25) is 0 Å². The third-order valence-corrected chi connectivity index (χ3v) is 6.82. The van der Waals surface area contributed by atoms with E-state index in [1.807, 2.05) is 37.3 Å². The quantitative estimate of drug-likeness (QED) is 0.520. The molecule has 0 radical (unpaired) electrons. The van der Waals surface area contributed by atoms with Gasteiger partial charge in [-0.3, -0.25) is 4.79 Å². The number of H-pyrrole nitrogens is 1. The number of nitrogens with one attached hydrogen (secondary N) is 2. The molecule has 0 unspecified atom stereocenters. The molecule has 0 amide bonds. The minimum Gasteiger partial charge on any atom is -0.469 e. The van der Waals surface area contributed by atoms with E-state index in [0.717, 1.165) is 79.7 Å². The fraction of sp³-hybridized carbons (Fsp3) is 0.440. The number of piperidine rings is 1. The standard InChI is InChI=1S/C25H32N8O2/c1-31(2)22-14-26-25(30-23(22)33-13-10-20-21(15-33)28-16-27-20)29-18-4-6-19(7-5-18)32-11-8-17(9-12-32)24(34)35-3/h4-7,14,16-17H,8-13,15H2,1-3H3,(H,27,28)(H,26,29,30). The molecule has 0 spiro atoms. The third-order valence-electron chi connectivity index (χ3n) is 6.82. The van der Waals surface area contributed by atoms with Gasteiger partial charge in [0, 0.05) is 51.5 Å². The second-order valence-electron chi connectivity index (χ2n) is 9.25. The van der Waals surface area contributed by atoms with E-state index in [1.54, 1.807) is 6.33 Å². The molecule has 0 aliphatic carbocycles. The lowest BCUT2D eigenvalue weighted by Crippen LogP contribution is -2.36. The van der Waals surface area contributed by atoms with E-state index in [1.165, 1.54) is 7.11 Å². The normalized spacial score (nSPS) is 16.1. The maximum absolute atomic E-state index is 11.8. The van der Waals surface area contributed by atoms with Gasteiger partial charge in [-0.25, -0.2) is 9.97 Å². The number of carbonyl (C=O) groups excluding carboxylic acids is 1. The van der Waals surface area contributed by atoms with Gasteiger partial charge in [0.15, 0.2) is 5.82 Å². The average Bonchev–Trinajstić information content (AvgIpc) is 3.37. The number of hydrogen-bond donors (Lipinski definition) is 2. The summed E-state index contributed by atoms with van der Waals surface area (Å²) in [6.45, 7) is 3.29. The van der Waals surface area contributed by atoms with E-state index in [0.29, 0.717) is 5.95 Å². The first-order chi connectivity index (χ1) is 17.0. The first-order valence-electron chi connectivity index (χ1n) is 12.0. The largest absolute Gasteiger partial charge is 0.469 e. The van der Waals surface area contributed by atoms with Crippen molar-refractivity contribution in [1.29, 1.82) is 0 Å². The van der Waals surface area contributed by atoms with Crippen molar-refractivity contribution >= 4 is 34.8 Å². The summed E-state index contributed by atoms with van der Waals surface area (Å²) in [7, 11) is 5.48. The van der Waals surface area contributed by atoms with Gasteiger partial charge in [0.25, 0.3) is 0 Å². The molecule has 3 aromatic rings. The molecule has 184 valence electrons. The number of anilines is 5. The molecule has 35 heavy (non-hydrogen) atoms. The zero-order valence-corrected chi connectivity index (χ0v) is 20.5. The van der Waals surface area contributed by atoms with Crippen molar-refractivity contribution in [3.8, 4) is 0 Å². The molecule has 4 heterocycles. The van der Waals surface area contributed by atoms with Crippen molar-refractivity contribution in [2.24, 2.45) is 5.92 Å². The Bertz CT molecular complexity index is 1170. The molecule has 0 saturated carbocycles. The number of aromatic nitrogens is 4. The number of aromatic amines is 1. The predicted octanol–water partition coefficient (Wildman–Crippen LogP) is 2.96. The Labute approximate surface area is 205 Å². The van der Waals surface area contributed by atoms with Gasteiger partial charge in [-0.2, -0.15) is 4.98 Å². The zero-order valence-electron chi connectivity index (χ0n) is 20.5. The Morgan fingerprint density at radius 1 is 1.11 bits per heavy atom. The Morgan fingerprint density at radius 2 is 1.89 bits per heavy atom. The highest BCUT2D eigenvalue weighted by Crippen LogP contribution is 2.31. The number of rotatable bonds is 6. The van der Waals surface area contributed by atoms with E-state index in [-0.39, 0.29) is 11.9 Å². The maximum atomic E-state index is 11.8. The van der Waals surface area contributed by atoms with E-state index in [2.05, 4.69) is 42.2 Å². The molecular weight excluding hydrogens is 444 g/mol. The number of ether oxygens (including phenoxy) is 1. The number of methoxy groups -OCH3 is 1. The number of imidazole rings is 1. The number of hydrogen-bond acceptors (Lipinski definition) is 9. The lowest BCUT2D eigenvalue weighted by molar-refractivity contribution is -0.146. The van der Waals surface area contributed by atoms with Crippen LogP contribution in [0.4, 0.5) is 28.8 Å². The highest BCUT2D eigenvalue weighted by molar-refractivity contribution is 5.73. The molecule has 5 rings (SSSR count). The lowest BCUT2D eigenvalue weighted by Gasteiger charge is -2.32. The number of fused-ring (bicyclic) bond motifs is 1. The molecule has 2 aromatic heterocycles. The molecule has 2 aliphatic heterocycles. The highest BCUT2D eigenvalue weighted by atomic mass is 16.5. The first-order valence-corrected chi connectivity index (χ1v) is 12.0. The summed E-state index contributed by atoms with van der Waals surface area (Å²) < 4.78 is 4.89. The SMILES string of the molecule is COC(=O)C1CCN(c2ccc(Nc3ncc(N(C)C)c(N4CCc5nc[nH]c5C4)n3)cc2)CC1. The summed E-state index contributed by atoms with van der Waals surface area (Å²) in [6.07, 6.45) is 6.15. The smallest absolute Gasteiger partial charge is 0.308 e. The summed E-state index contributed by atoms with van der Waals surface area (Å²) in [4.78, 5) is 35.5. The number of esters is 1. The Balaban J connectivity index is 1.28. The molecule has 1 fully saturated rings. The van der Waals surface area contributed by atoms with Gasteiger partial charge in [0.2, 0.25) is 5.95 Å². The lowest BCUT2D eigenvalue weighted by atomic mass is 9.96. The van der Waals surface area contributed by atoms with Gasteiger partial charge in [0.1, 0.15) is 0 Å². The van der Waals surface area contributed by atoms with Crippen LogP contribution >= 0.6 is 0 Å². The number of benzene rings is 1. The summed E-state index contributed by atoms with van der Waals surface area (Å²) in [5, 5.41) is 3.36. The minimum atomic E-state index is -0.0987. The van der Waals surface area contributed by atoms with Crippen LogP contribution in [0.3, 0.4) is 0 Å². The molecule has 10 heteroatoms. The number of nitrogens with zero attached hydrogens (tertiary/aromatic N) is 6. The van der Waals surface area contributed by atoms with Crippen LogP contribution in [-0.2, 0) is 22.5 Å². The highest BCUT2D eigenvalue weighted by Gasteiger charge is 2.26. The van der Waals surface area contributed by atoms with Crippen molar-refractivity contribution in [2.45, 2.75) is 25.8 Å². The van der Waals surface area contributed by atoms with E-state index < -0.39 is 0 Å². The summed E-state index contributed by atoms with van der Waals surface area (Å²) in [5.41, 5.74) is 5.32. The van der Waals surface area contributed by atoms with Gasteiger partial charge in [-0.05, 0) is 37.1 Å². The third kappa shape index (κ3) is 4.87. The fourth-order valence-corrected chi connectivity index (χ4v) is 4.79. The maximum Gasteiger partial charge on any atom is 0.308 e. The van der Waals surface area contributed by atoms with Crippen LogP contribution in [-0.4, -0.2) is 66.7 Å². The predicted molar refractivity (Wildman–Crippen MR) is 136 cm³/mol. The van der Waals surface area contributed by atoms with E-state index in [4.69, 9.17) is 9.72 Å². The van der Waals surface area contributed by atoms with Crippen LogP contribution in [0.1, 0.15) is 24.2 Å². The Kier molecular flexibility index (Phi) is 6.43. The summed E-state index contributed by atoms with van der Waals surface area (Å²) in [5.74, 6) is 1.37. The minimum absolute atomic E-state index is 0.00781. The summed E-state index contributed by atoms with van der Waals surface area (Å²) >= 11 is 0. The van der Waals surface area contributed by atoms with Crippen molar-refractivity contribution in [1.82, 2.24) is 19.9 Å². The van der Waals surface area contributed by atoms with E-state index >= 15 is 0 Å². The van der Waals surface area contributed by atoms with Gasteiger partial charge < -0.3 is 29.7 Å². The van der Waals surface area contributed by atoms with Crippen molar-refractivity contribution in [3.05, 3.63) is 48.2 Å².